The minimum absolute atomic E-state index is 0.00600. The molecule has 2 amide bonds. The van der Waals surface area contributed by atoms with Crippen LogP contribution in [0.3, 0.4) is 0 Å². The number of amides is 2. The number of anilines is 1. The second kappa shape index (κ2) is 7.20. The molecule has 4 N–H and O–H groups in total. The van der Waals surface area contributed by atoms with E-state index in [-0.39, 0.29) is 30.2 Å². The molecule has 0 spiro atoms. The first-order valence-corrected chi connectivity index (χ1v) is 8.55. The van der Waals surface area contributed by atoms with Gasteiger partial charge in [0.1, 0.15) is 6.33 Å². The topological polar surface area (TPSA) is 95.9 Å². The number of nitrogens with zero attached hydrogens (tertiary/aromatic N) is 3. The molecule has 8 heteroatoms. The largest absolute Gasteiger partial charge is 0.332 e. The highest BCUT2D eigenvalue weighted by Gasteiger charge is 2.31. The van der Waals surface area contributed by atoms with Crippen molar-refractivity contribution in [1.29, 1.82) is 0 Å². The molecule has 2 unspecified atom stereocenters. The van der Waals surface area contributed by atoms with Crippen LogP contribution in [-0.2, 0) is 0 Å². The molecule has 2 aromatic rings. The number of hydrogen-bond acceptors (Lipinski definition) is 5. The van der Waals surface area contributed by atoms with Gasteiger partial charge in [0.25, 0.3) is 0 Å². The fourth-order valence-electron chi connectivity index (χ4n) is 3.04. The van der Waals surface area contributed by atoms with Gasteiger partial charge < -0.3 is 15.2 Å². The maximum Gasteiger partial charge on any atom is 0.319 e. The van der Waals surface area contributed by atoms with E-state index in [0.717, 1.165) is 11.4 Å². The number of rotatable bonds is 4. The third-order valence-electron chi connectivity index (χ3n) is 4.46. The summed E-state index contributed by atoms with van der Waals surface area (Å²) < 4.78 is 1.98. The third-order valence-corrected chi connectivity index (χ3v) is 4.46. The molecule has 0 saturated carbocycles. The van der Waals surface area contributed by atoms with Crippen molar-refractivity contribution in [3.8, 4) is 11.4 Å². The number of benzene rings is 1. The first-order chi connectivity index (χ1) is 12.0. The van der Waals surface area contributed by atoms with Gasteiger partial charge in [-0.3, -0.25) is 10.9 Å². The fourth-order valence-corrected chi connectivity index (χ4v) is 3.04. The Hall–Kier alpha value is -2.45. The van der Waals surface area contributed by atoms with Gasteiger partial charge in [-0.2, -0.15) is 0 Å². The number of carbonyl (C=O) groups excluding carboxylic acids is 1. The van der Waals surface area contributed by atoms with Crippen LogP contribution in [-0.4, -0.2) is 38.9 Å². The number of aromatic nitrogens is 3. The summed E-state index contributed by atoms with van der Waals surface area (Å²) >= 11 is 0. The van der Waals surface area contributed by atoms with Crippen molar-refractivity contribution in [1.82, 2.24) is 30.9 Å². The molecule has 25 heavy (non-hydrogen) atoms. The van der Waals surface area contributed by atoms with Gasteiger partial charge >= 0.3 is 6.03 Å². The lowest BCUT2D eigenvalue weighted by atomic mass is 10.1. The van der Waals surface area contributed by atoms with Crippen LogP contribution in [0.15, 0.2) is 30.6 Å². The van der Waals surface area contributed by atoms with E-state index in [4.69, 9.17) is 0 Å². The van der Waals surface area contributed by atoms with Gasteiger partial charge in [0.15, 0.2) is 5.82 Å². The molecule has 0 radical (unpaired) electrons. The maximum absolute atomic E-state index is 12.5. The highest BCUT2D eigenvalue weighted by molar-refractivity contribution is 5.93. The van der Waals surface area contributed by atoms with Gasteiger partial charge in [0.2, 0.25) is 0 Å². The average molecular weight is 343 g/mol. The Morgan fingerprint density at radius 3 is 2.56 bits per heavy atom. The van der Waals surface area contributed by atoms with Crippen LogP contribution < -0.4 is 21.5 Å². The first-order valence-electron chi connectivity index (χ1n) is 8.55. The van der Waals surface area contributed by atoms with Crippen molar-refractivity contribution in [2.24, 2.45) is 0 Å². The van der Waals surface area contributed by atoms with E-state index in [0.29, 0.717) is 5.69 Å². The molecule has 1 saturated heterocycles. The van der Waals surface area contributed by atoms with Crippen LogP contribution >= 0.6 is 0 Å². The van der Waals surface area contributed by atoms with Crippen LogP contribution in [0.4, 0.5) is 10.5 Å². The summed E-state index contributed by atoms with van der Waals surface area (Å²) in [5.41, 5.74) is 7.80. The predicted octanol–water partition coefficient (Wildman–Crippen LogP) is 1.90. The summed E-state index contributed by atoms with van der Waals surface area (Å²) in [7, 11) is 0. The summed E-state index contributed by atoms with van der Waals surface area (Å²) in [5, 5.41) is 14.2. The van der Waals surface area contributed by atoms with Crippen molar-refractivity contribution >= 4 is 11.7 Å². The number of urea groups is 1. The Morgan fingerprint density at radius 1 is 1.20 bits per heavy atom. The Balaban J connectivity index is 1.79. The van der Waals surface area contributed by atoms with Crippen LogP contribution in [0.2, 0.25) is 0 Å². The molecule has 1 aromatic heterocycles. The second-order valence-corrected chi connectivity index (χ2v) is 6.69. The van der Waals surface area contributed by atoms with Crippen molar-refractivity contribution in [2.45, 2.75) is 51.9 Å². The Morgan fingerprint density at radius 2 is 1.88 bits per heavy atom. The number of hydrazine groups is 1. The number of para-hydroxylation sites is 1. The van der Waals surface area contributed by atoms with Crippen LogP contribution in [0, 0.1) is 0 Å². The zero-order chi connectivity index (χ0) is 18.0. The maximum atomic E-state index is 12.5. The van der Waals surface area contributed by atoms with Crippen molar-refractivity contribution in [2.75, 3.05) is 5.32 Å². The molecule has 1 aliphatic rings. The monoisotopic (exact) mass is 343 g/mol. The molecule has 1 fully saturated rings. The van der Waals surface area contributed by atoms with Gasteiger partial charge in [-0.1, -0.05) is 12.1 Å². The lowest BCUT2D eigenvalue weighted by Crippen LogP contribution is -2.48. The average Bonchev–Trinajstić information content (AvgIpc) is 3.18. The van der Waals surface area contributed by atoms with Gasteiger partial charge in [-0.25, -0.2) is 4.79 Å². The number of hydrogen-bond donors (Lipinski definition) is 4. The molecule has 134 valence electrons. The highest BCUT2D eigenvalue weighted by atomic mass is 16.2. The Bertz CT molecular complexity index is 732. The summed E-state index contributed by atoms with van der Waals surface area (Å²) in [5.74, 6) is 0.733. The van der Waals surface area contributed by atoms with E-state index in [1.807, 2.05) is 42.7 Å². The van der Waals surface area contributed by atoms with Crippen LogP contribution in [0.1, 0.15) is 33.7 Å². The molecule has 2 atom stereocenters. The Kier molecular flexibility index (Phi) is 5.00. The molecular weight excluding hydrogens is 318 g/mol. The minimum atomic E-state index is -0.239. The van der Waals surface area contributed by atoms with Crippen molar-refractivity contribution in [3.63, 3.8) is 0 Å². The first kappa shape index (κ1) is 17.4. The normalized spacial score (nSPS) is 23.0. The predicted molar refractivity (Wildman–Crippen MR) is 97.0 cm³/mol. The second-order valence-electron chi connectivity index (χ2n) is 6.69. The zero-order valence-electron chi connectivity index (χ0n) is 14.9. The third kappa shape index (κ3) is 3.64. The lowest BCUT2D eigenvalue weighted by Gasteiger charge is -2.20. The standard InChI is InChI=1S/C17H25N7O/c1-10(2)24-9-18-23-16(24)13-7-5-6-8-14(13)19-17(25)20-15-11(3)21-22-12(15)4/h5-12,15,21-22H,1-4H3,(H2,19,20,25). The minimum Gasteiger partial charge on any atom is -0.332 e. The summed E-state index contributed by atoms with van der Waals surface area (Å²) in [6.07, 6.45) is 1.70. The van der Waals surface area contributed by atoms with E-state index in [1.54, 1.807) is 6.33 Å². The van der Waals surface area contributed by atoms with Gasteiger partial charge in [0, 0.05) is 23.7 Å². The van der Waals surface area contributed by atoms with E-state index in [2.05, 4.69) is 45.5 Å². The molecule has 2 heterocycles. The molecule has 8 nitrogen and oxygen atoms in total. The van der Waals surface area contributed by atoms with E-state index < -0.39 is 0 Å². The molecule has 0 aliphatic carbocycles. The number of carbonyl (C=O) groups is 1. The van der Waals surface area contributed by atoms with Crippen LogP contribution in [0.5, 0.6) is 0 Å². The van der Waals surface area contributed by atoms with E-state index in [1.165, 1.54) is 0 Å². The Labute approximate surface area is 147 Å². The lowest BCUT2D eigenvalue weighted by molar-refractivity contribution is 0.246. The van der Waals surface area contributed by atoms with Gasteiger partial charge in [-0.05, 0) is 39.8 Å². The highest BCUT2D eigenvalue weighted by Crippen LogP contribution is 2.27. The van der Waals surface area contributed by atoms with E-state index in [9.17, 15) is 4.79 Å². The smallest absolute Gasteiger partial charge is 0.319 e. The van der Waals surface area contributed by atoms with Gasteiger partial charge in [-0.15, -0.1) is 10.2 Å². The van der Waals surface area contributed by atoms with Gasteiger partial charge in [0.05, 0.1) is 11.7 Å². The van der Waals surface area contributed by atoms with Crippen molar-refractivity contribution in [3.05, 3.63) is 30.6 Å². The molecule has 1 aliphatic heterocycles. The van der Waals surface area contributed by atoms with Crippen LogP contribution in [0.25, 0.3) is 11.4 Å². The zero-order valence-corrected chi connectivity index (χ0v) is 14.9. The molecule has 0 bridgehead atoms. The SMILES string of the molecule is CC1NNC(C)C1NC(=O)Nc1ccccc1-c1nncn1C(C)C. The fraction of sp³-hybridized carbons (Fsp3) is 0.471. The number of nitrogens with one attached hydrogen (secondary N) is 4. The molecule has 1 aromatic carbocycles. The quantitative estimate of drug-likeness (QED) is 0.680. The summed E-state index contributed by atoms with van der Waals surface area (Å²) in [4.78, 5) is 12.5. The molecular formula is C17H25N7O. The molecule has 3 rings (SSSR count). The summed E-state index contributed by atoms with van der Waals surface area (Å²) in [6.45, 7) is 8.19. The summed E-state index contributed by atoms with van der Waals surface area (Å²) in [6, 6.07) is 7.91. The van der Waals surface area contributed by atoms with E-state index >= 15 is 0 Å². The van der Waals surface area contributed by atoms with Crippen molar-refractivity contribution < 1.29 is 4.79 Å².